The van der Waals surface area contributed by atoms with Gasteiger partial charge in [0.2, 0.25) is 5.95 Å². The first-order valence-corrected chi connectivity index (χ1v) is 9.37. The summed E-state index contributed by atoms with van der Waals surface area (Å²) in [5.74, 6) is -1.48. The van der Waals surface area contributed by atoms with Gasteiger partial charge in [0.1, 0.15) is 17.3 Å². The second-order valence-electron chi connectivity index (χ2n) is 7.11. The third-order valence-electron chi connectivity index (χ3n) is 4.80. The molecule has 0 radical (unpaired) electrons. The van der Waals surface area contributed by atoms with Crippen molar-refractivity contribution in [2.24, 2.45) is 0 Å². The molecule has 1 aliphatic carbocycles. The van der Waals surface area contributed by atoms with Crippen LogP contribution in [0.5, 0.6) is 5.75 Å². The van der Waals surface area contributed by atoms with E-state index < -0.39 is 17.6 Å². The minimum atomic E-state index is -4.88. The fraction of sp³-hybridized carbons (Fsp3) is 0.526. The molecular formula is C19H22F4N4O3. The number of hydrogen-bond acceptors (Lipinski definition) is 7. The fourth-order valence-electron chi connectivity index (χ4n) is 3.39. The molecule has 2 atom stereocenters. The number of methoxy groups -OCH3 is 1. The smallest absolute Gasteiger partial charge is 0.419 e. The fourth-order valence-corrected chi connectivity index (χ4v) is 3.39. The van der Waals surface area contributed by atoms with E-state index in [1.54, 1.807) is 6.92 Å². The molecule has 7 nitrogen and oxygen atoms in total. The van der Waals surface area contributed by atoms with Gasteiger partial charge >= 0.3 is 6.18 Å². The maximum Gasteiger partial charge on any atom is 0.419 e. The number of anilines is 1. The van der Waals surface area contributed by atoms with Crippen molar-refractivity contribution in [1.29, 1.82) is 0 Å². The molecule has 30 heavy (non-hydrogen) atoms. The topological polar surface area (TPSA) is 89.4 Å². The molecule has 0 saturated heterocycles. The minimum Gasteiger partial charge on any atom is -0.467 e. The van der Waals surface area contributed by atoms with Crippen LogP contribution in [0.25, 0.3) is 11.3 Å². The Morgan fingerprint density at radius 3 is 2.63 bits per heavy atom. The van der Waals surface area contributed by atoms with Crippen LogP contribution in [0, 0.1) is 12.7 Å². The summed E-state index contributed by atoms with van der Waals surface area (Å²) in [6, 6.07) is 1.27. The van der Waals surface area contributed by atoms with Gasteiger partial charge in [0.05, 0.1) is 17.4 Å². The molecule has 164 valence electrons. The first-order chi connectivity index (χ1) is 14.2. The number of aromatic nitrogens is 3. The van der Waals surface area contributed by atoms with Crippen LogP contribution >= 0.6 is 0 Å². The number of alkyl halides is 3. The molecule has 0 unspecified atom stereocenters. The van der Waals surface area contributed by atoms with Crippen molar-refractivity contribution in [3.05, 3.63) is 29.2 Å². The van der Waals surface area contributed by atoms with Crippen LogP contribution in [0.1, 0.15) is 36.9 Å². The Hall–Kier alpha value is -2.53. The summed E-state index contributed by atoms with van der Waals surface area (Å²) in [6.45, 7) is 1.25. The van der Waals surface area contributed by atoms with Gasteiger partial charge in [0.15, 0.2) is 6.79 Å². The number of nitrogens with zero attached hydrogens (tertiary/aromatic N) is 3. The lowest BCUT2D eigenvalue weighted by Crippen LogP contribution is -2.30. The third-order valence-corrected chi connectivity index (χ3v) is 4.80. The Labute approximate surface area is 170 Å². The molecule has 0 aliphatic heterocycles. The highest BCUT2D eigenvalue weighted by atomic mass is 19.4. The summed E-state index contributed by atoms with van der Waals surface area (Å²) in [7, 11) is 1.31. The average molecular weight is 430 g/mol. The second-order valence-corrected chi connectivity index (χ2v) is 7.11. The van der Waals surface area contributed by atoms with Crippen LogP contribution in [-0.4, -0.2) is 46.3 Å². The number of hydrogen-bond donors (Lipinski definition) is 2. The number of halogens is 4. The zero-order valence-electron chi connectivity index (χ0n) is 16.5. The Morgan fingerprint density at radius 2 is 2.00 bits per heavy atom. The van der Waals surface area contributed by atoms with E-state index in [4.69, 9.17) is 9.47 Å². The Morgan fingerprint density at radius 1 is 1.23 bits per heavy atom. The molecule has 0 amide bonds. The third kappa shape index (κ3) is 5.14. The Kier molecular flexibility index (Phi) is 6.71. The largest absolute Gasteiger partial charge is 0.467 e. The molecule has 1 heterocycles. The monoisotopic (exact) mass is 430 g/mol. The molecule has 1 fully saturated rings. The van der Waals surface area contributed by atoms with E-state index in [-0.39, 0.29) is 41.9 Å². The van der Waals surface area contributed by atoms with Gasteiger partial charge in [-0.05, 0) is 44.7 Å². The van der Waals surface area contributed by atoms with Crippen molar-refractivity contribution in [2.75, 3.05) is 19.2 Å². The zero-order valence-corrected chi connectivity index (χ0v) is 16.5. The summed E-state index contributed by atoms with van der Waals surface area (Å²) in [5.41, 5.74) is -1.06. The predicted octanol–water partition coefficient (Wildman–Crippen LogP) is 3.70. The van der Waals surface area contributed by atoms with Gasteiger partial charge in [-0.15, -0.1) is 10.2 Å². The minimum absolute atomic E-state index is 0.00934. The molecule has 0 bridgehead atoms. The van der Waals surface area contributed by atoms with E-state index in [0.717, 1.165) is 19.3 Å². The normalized spacial score (nSPS) is 19.6. The highest BCUT2D eigenvalue weighted by Gasteiger charge is 2.36. The van der Waals surface area contributed by atoms with Crippen molar-refractivity contribution in [1.82, 2.24) is 15.2 Å². The summed E-state index contributed by atoms with van der Waals surface area (Å²) in [4.78, 5) is 4.29. The average Bonchev–Trinajstić information content (AvgIpc) is 2.66. The van der Waals surface area contributed by atoms with Crippen LogP contribution in [-0.2, 0) is 10.9 Å². The Bertz CT molecular complexity index is 895. The van der Waals surface area contributed by atoms with Crippen LogP contribution in [0.15, 0.2) is 12.1 Å². The van der Waals surface area contributed by atoms with Gasteiger partial charge < -0.3 is 19.9 Å². The van der Waals surface area contributed by atoms with Crippen LogP contribution in [0.4, 0.5) is 23.5 Å². The lowest BCUT2D eigenvalue weighted by atomic mass is 9.93. The van der Waals surface area contributed by atoms with Crippen molar-refractivity contribution < 1.29 is 32.1 Å². The Balaban J connectivity index is 1.93. The van der Waals surface area contributed by atoms with E-state index in [0.29, 0.717) is 24.2 Å². The van der Waals surface area contributed by atoms with E-state index in [9.17, 15) is 22.7 Å². The number of benzene rings is 1. The van der Waals surface area contributed by atoms with E-state index in [1.165, 1.54) is 7.11 Å². The lowest BCUT2D eigenvalue weighted by Gasteiger charge is -2.26. The number of ether oxygens (including phenoxy) is 2. The quantitative estimate of drug-likeness (QED) is 0.534. The zero-order chi connectivity index (χ0) is 21.9. The van der Waals surface area contributed by atoms with Crippen LogP contribution in [0.3, 0.4) is 0 Å². The van der Waals surface area contributed by atoms with Gasteiger partial charge in [-0.2, -0.15) is 13.2 Å². The molecule has 1 aromatic carbocycles. The van der Waals surface area contributed by atoms with Gasteiger partial charge in [-0.3, -0.25) is 0 Å². The van der Waals surface area contributed by atoms with Crippen molar-refractivity contribution in [3.63, 3.8) is 0 Å². The first kappa shape index (κ1) is 22.2. The lowest BCUT2D eigenvalue weighted by molar-refractivity contribution is -0.140. The highest BCUT2D eigenvalue weighted by molar-refractivity contribution is 5.70. The van der Waals surface area contributed by atoms with Crippen molar-refractivity contribution in [2.45, 2.75) is 50.9 Å². The summed E-state index contributed by atoms with van der Waals surface area (Å²) >= 11 is 0. The molecule has 1 aromatic heterocycles. The van der Waals surface area contributed by atoms with Crippen LogP contribution in [0.2, 0.25) is 0 Å². The summed E-state index contributed by atoms with van der Waals surface area (Å²) in [5, 5.41) is 20.9. The predicted molar refractivity (Wildman–Crippen MR) is 99.3 cm³/mol. The maximum atomic E-state index is 14.2. The molecule has 1 saturated carbocycles. The number of aliphatic hydroxyl groups excluding tert-OH is 1. The summed E-state index contributed by atoms with van der Waals surface area (Å²) in [6.07, 6.45) is -2.25. The summed E-state index contributed by atoms with van der Waals surface area (Å²) < 4.78 is 63.4. The van der Waals surface area contributed by atoms with E-state index in [1.807, 2.05) is 0 Å². The first-order valence-electron chi connectivity index (χ1n) is 9.37. The number of aryl methyl sites for hydroxylation is 1. The molecule has 1 aliphatic rings. The standard InChI is InChI=1S/C19H22F4N4O3/c1-10-17(26-27-18(24-10)25-11-4-3-5-12(28)6-11)13-7-15(20)14(19(21,22)23)8-16(13)30-9-29-2/h7-8,11-12,28H,3-6,9H2,1-2H3,(H,24,25,27)/t11-,12+/m1/s1. The van der Waals surface area contributed by atoms with Gasteiger partial charge in [-0.25, -0.2) is 9.37 Å². The molecule has 0 spiro atoms. The van der Waals surface area contributed by atoms with Crippen molar-refractivity contribution in [3.8, 4) is 17.0 Å². The van der Waals surface area contributed by atoms with Gasteiger partial charge in [-0.1, -0.05) is 0 Å². The molecule has 2 N–H and O–H groups in total. The van der Waals surface area contributed by atoms with E-state index in [2.05, 4.69) is 20.5 Å². The SMILES string of the molecule is COCOc1cc(C(F)(F)F)c(F)cc1-c1nnc(N[C@@H]2CCC[C@H](O)C2)nc1C. The maximum absolute atomic E-state index is 14.2. The van der Waals surface area contributed by atoms with Crippen molar-refractivity contribution >= 4 is 5.95 Å². The number of aliphatic hydroxyl groups is 1. The van der Waals surface area contributed by atoms with Gasteiger partial charge in [0, 0.05) is 18.7 Å². The number of rotatable bonds is 6. The van der Waals surface area contributed by atoms with E-state index >= 15 is 0 Å². The van der Waals surface area contributed by atoms with Crippen LogP contribution < -0.4 is 10.1 Å². The molecular weight excluding hydrogens is 408 g/mol. The number of nitrogens with one attached hydrogen (secondary N) is 1. The molecule has 3 rings (SSSR count). The molecule has 2 aromatic rings. The highest BCUT2D eigenvalue weighted by Crippen LogP contribution is 2.39. The molecule has 11 heteroatoms. The van der Waals surface area contributed by atoms with Gasteiger partial charge in [0.25, 0.3) is 0 Å². The second kappa shape index (κ2) is 9.09.